The number of aryl methyl sites for hydroxylation is 1. The Labute approximate surface area is 177 Å². The van der Waals surface area contributed by atoms with Crippen LogP contribution >= 0.6 is 0 Å². The second-order valence-electron chi connectivity index (χ2n) is 7.77. The van der Waals surface area contributed by atoms with Gasteiger partial charge in [0.2, 0.25) is 0 Å². The molecule has 1 saturated heterocycles. The van der Waals surface area contributed by atoms with Crippen LogP contribution < -0.4 is 0 Å². The first-order valence-corrected chi connectivity index (χ1v) is 10.2. The van der Waals surface area contributed by atoms with Crippen LogP contribution in [0.1, 0.15) is 47.6 Å². The number of carbonyl (C=O) groups is 2. The highest BCUT2D eigenvalue weighted by molar-refractivity contribution is 5.82. The van der Waals surface area contributed by atoms with Gasteiger partial charge in [-0.15, -0.1) is 0 Å². The van der Waals surface area contributed by atoms with Crippen molar-refractivity contribution in [3.05, 3.63) is 70.8 Å². The van der Waals surface area contributed by atoms with E-state index in [0.717, 1.165) is 17.7 Å². The molecule has 0 bridgehead atoms. The minimum Gasteiger partial charge on any atom is -0.456 e. The molecule has 1 aliphatic heterocycles. The molecule has 2 aromatic carbocycles. The Kier molecular flexibility index (Phi) is 5.89. The van der Waals surface area contributed by atoms with E-state index in [1.54, 1.807) is 0 Å². The molecule has 4 rings (SSSR count). The maximum atomic E-state index is 12.9. The van der Waals surface area contributed by atoms with E-state index in [2.05, 4.69) is 0 Å². The quantitative estimate of drug-likeness (QED) is 0.634. The number of nitrogens with zero attached hydrogens (tertiary/aromatic N) is 1. The van der Waals surface area contributed by atoms with Gasteiger partial charge < -0.3 is 9.47 Å². The highest BCUT2D eigenvalue weighted by Crippen LogP contribution is 2.39. The Balaban J connectivity index is 1.38. The largest absolute Gasteiger partial charge is 0.456 e. The van der Waals surface area contributed by atoms with E-state index in [9.17, 15) is 22.8 Å². The number of amides is 1. The number of ether oxygens (including phenoxy) is 2. The Hall–Kier alpha value is -3.03. The lowest BCUT2D eigenvalue weighted by Crippen LogP contribution is -2.41. The minimum absolute atomic E-state index is 0.107. The number of fused-ring (bicyclic) bond motifs is 1. The van der Waals surface area contributed by atoms with Crippen molar-refractivity contribution in [2.24, 2.45) is 0 Å². The molecule has 31 heavy (non-hydrogen) atoms. The van der Waals surface area contributed by atoms with Crippen LogP contribution in [0.5, 0.6) is 0 Å². The zero-order valence-electron chi connectivity index (χ0n) is 16.7. The third-order valence-corrected chi connectivity index (χ3v) is 5.72. The van der Waals surface area contributed by atoms with Crippen LogP contribution in [0.2, 0.25) is 0 Å². The van der Waals surface area contributed by atoms with E-state index < -0.39 is 35.9 Å². The molecule has 1 aliphatic carbocycles. The molecule has 2 unspecified atom stereocenters. The molecule has 1 heterocycles. The SMILES string of the molecule is O=C(OC1CCc2cc(C(F)(F)F)ccc21)C1CCCN1C(=O)OCc1ccccc1. The summed E-state index contributed by atoms with van der Waals surface area (Å²) in [5, 5.41) is 0. The first-order chi connectivity index (χ1) is 14.8. The molecule has 0 saturated carbocycles. The van der Waals surface area contributed by atoms with Crippen LogP contribution in [-0.2, 0) is 33.5 Å². The summed E-state index contributed by atoms with van der Waals surface area (Å²) in [6, 6.07) is 12.0. The van der Waals surface area contributed by atoms with Gasteiger partial charge in [-0.2, -0.15) is 13.2 Å². The summed E-state index contributed by atoms with van der Waals surface area (Å²) in [4.78, 5) is 26.6. The smallest absolute Gasteiger partial charge is 0.416 e. The van der Waals surface area contributed by atoms with Gasteiger partial charge in [0, 0.05) is 6.54 Å². The van der Waals surface area contributed by atoms with Crippen LogP contribution in [-0.4, -0.2) is 29.5 Å². The van der Waals surface area contributed by atoms with Gasteiger partial charge in [0.25, 0.3) is 0 Å². The molecule has 0 aromatic heterocycles. The lowest BCUT2D eigenvalue weighted by atomic mass is 10.1. The third-order valence-electron chi connectivity index (χ3n) is 5.72. The zero-order chi connectivity index (χ0) is 22.0. The summed E-state index contributed by atoms with van der Waals surface area (Å²) in [5.41, 5.74) is 1.27. The molecule has 0 N–H and O–H groups in total. The van der Waals surface area contributed by atoms with Gasteiger partial charge in [-0.3, -0.25) is 4.90 Å². The number of rotatable bonds is 4. The second-order valence-corrected chi connectivity index (χ2v) is 7.77. The van der Waals surface area contributed by atoms with Gasteiger partial charge in [-0.1, -0.05) is 36.4 Å². The Morgan fingerprint density at radius 2 is 1.84 bits per heavy atom. The number of halogens is 3. The van der Waals surface area contributed by atoms with Crippen molar-refractivity contribution < 1.29 is 32.2 Å². The van der Waals surface area contributed by atoms with E-state index in [-0.39, 0.29) is 6.61 Å². The Morgan fingerprint density at radius 3 is 2.58 bits per heavy atom. The summed E-state index contributed by atoms with van der Waals surface area (Å²) in [6.07, 6.45) is -3.65. The predicted octanol–water partition coefficient (Wildman–Crippen LogP) is 5.04. The van der Waals surface area contributed by atoms with E-state index >= 15 is 0 Å². The molecule has 5 nitrogen and oxygen atoms in total. The maximum absolute atomic E-state index is 12.9. The number of hydrogen-bond acceptors (Lipinski definition) is 4. The van der Waals surface area contributed by atoms with Gasteiger partial charge in [-0.25, -0.2) is 9.59 Å². The van der Waals surface area contributed by atoms with Crippen LogP contribution in [0.4, 0.5) is 18.0 Å². The standard InChI is InChI=1S/C23H22F3NO4/c24-23(25,26)17-9-10-18-16(13-17)8-11-20(18)31-21(28)19-7-4-12-27(19)22(29)30-14-15-5-2-1-3-6-15/h1-3,5-6,9-10,13,19-20H,4,7-8,11-12,14H2. The van der Waals surface area contributed by atoms with Crippen LogP contribution in [0.15, 0.2) is 48.5 Å². The number of hydrogen-bond donors (Lipinski definition) is 0. The maximum Gasteiger partial charge on any atom is 0.416 e. The van der Waals surface area contributed by atoms with Crippen molar-refractivity contribution in [3.8, 4) is 0 Å². The molecule has 8 heteroatoms. The summed E-state index contributed by atoms with van der Waals surface area (Å²) < 4.78 is 49.7. The minimum atomic E-state index is -4.41. The average Bonchev–Trinajstić information content (AvgIpc) is 3.39. The molecule has 0 radical (unpaired) electrons. The summed E-state index contributed by atoms with van der Waals surface area (Å²) >= 11 is 0. The second kappa shape index (κ2) is 8.61. The molecule has 164 valence electrons. The van der Waals surface area contributed by atoms with Crippen LogP contribution in [0, 0.1) is 0 Å². The monoisotopic (exact) mass is 433 g/mol. The first kappa shape index (κ1) is 21.2. The van der Waals surface area contributed by atoms with Crippen molar-refractivity contribution in [2.75, 3.05) is 6.54 Å². The molecular formula is C23H22F3NO4. The highest BCUT2D eigenvalue weighted by Gasteiger charge is 2.39. The van der Waals surface area contributed by atoms with Gasteiger partial charge in [0.05, 0.1) is 5.56 Å². The summed E-state index contributed by atoms with van der Waals surface area (Å²) in [7, 11) is 0. The lowest BCUT2D eigenvalue weighted by Gasteiger charge is -2.24. The normalized spacial score (nSPS) is 20.4. The topological polar surface area (TPSA) is 55.8 Å². The van der Waals surface area contributed by atoms with Crippen molar-refractivity contribution >= 4 is 12.1 Å². The number of benzene rings is 2. The molecule has 1 amide bonds. The fraction of sp³-hybridized carbons (Fsp3) is 0.391. The molecule has 2 aliphatic rings. The van der Waals surface area contributed by atoms with Crippen molar-refractivity contribution in [2.45, 2.75) is 50.6 Å². The lowest BCUT2D eigenvalue weighted by molar-refractivity contribution is -0.154. The Bertz CT molecular complexity index is 961. The van der Waals surface area contributed by atoms with Crippen LogP contribution in [0.3, 0.4) is 0 Å². The van der Waals surface area contributed by atoms with E-state index in [1.165, 1.54) is 11.0 Å². The third kappa shape index (κ3) is 4.68. The Morgan fingerprint density at radius 1 is 1.06 bits per heavy atom. The van der Waals surface area contributed by atoms with Gasteiger partial charge in [0.15, 0.2) is 0 Å². The fourth-order valence-corrected chi connectivity index (χ4v) is 4.13. The first-order valence-electron chi connectivity index (χ1n) is 10.2. The average molecular weight is 433 g/mol. The van der Waals surface area contributed by atoms with Gasteiger partial charge in [0.1, 0.15) is 18.8 Å². The fourth-order valence-electron chi connectivity index (χ4n) is 4.13. The molecule has 0 spiro atoms. The van der Waals surface area contributed by atoms with Crippen molar-refractivity contribution in [3.63, 3.8) is 0 Å². The van der Waals surface area contributed by atoms with E-state index in [4.69, 9.17) is 9.47 Å². The molecule has 2 atom stereocenters. The summed E-state index contributed by atoms with van der Waals surface area (Å²) in [5.74, 6) is -0.549. The number of likely N-dealkylation sites (tertiary alicyclic amines) is 1. The molecule has 2 aromatic rings. The number of esters is 1. The molecule has 1 fully saturated rings. The highest BCUT2D eigenvalue weighted by atomic mass is 19.4. The van der Waals surface area contributed by atoms with Gasteiger partial charge in [-0.05, 0) is 54.5 Å². The molecular weight excluding hydrogens is 411 g/mol. The summed E-state index contributed by atoms with van der Waals surface area (Å²) in [6.45, 7) is 0.499. The number of alkyl halides is 3. The van der Waals surface area contributed by atoms with Crippen LogP contribution in [0.25, 0.3) is 0 Å². The van der Waals surface area contributed by atoms with Gasteiger partial charge >= 0.3 is 18.2 Å². The van der Waals surface area contributed by atoms with E-state index in [1.807, 2.05) is 30.3 Å². The van der Waals surface area contributed by atoms with Crippen molar-refractivity contribution in [1.29, 1.82) is 0 Å². The predicted molar refractivity (Wildman–Crippen MR) is 105 cm³/mol. The van der Waals surface area contributed by atoms with Crippen molar-refractivity contribution in [1.82, 2.24) is 4.90 Å². The van der Waals surface area contributed by atoms with E-state index in [0.29, 0.717) is 43.4 Å². The zero-order valence-corrected chi connectivity index (χ0v) is 16.7. The number of carbonyl (C=O) groups excluding carboxylic acids is 2.